The molecular formula is C22H23FN8O4. The number of aromatic nitrogens is 5. The lowest BCUT2D eigenvalue weighted by Crippen LogP contribution is -2.29. The Labute approximate surface area is 199 Å². The van der Waals surface area contributed by atoms with E-state index in [0.29, 0.717) is 22.6 Å². The zero-order valence-electron chi connectivity index (χ0n) is 18.9. The summed E-state index contributed by atoms with van der Waals surface area (Å²) >= 11 is 0. The molecule has 4 rings (SSSR count). The summed E-state index contributed by atoms with van der Waals surface area (Å²) in [5.41, 5.74) is 13.8. The zero-order chi connectivity index (χ0) is 25.5. The van der Waals surface area contributed by atoms with Crippen LogP contribution in [0.15, 0.2) is 42.6 Å². The summed E-state index contributed by atoms with van der Waals surface area (Å²) in [5.74, 6) is 0.297. The van der Waals surface area contributed by atoms with E-state index in [4.69, 9.17) is 26.1 Å². The zero-order valence-corrected chi connectivity index (χ0v) is 18.9. The maximum absolute atomic E-state index is 14.2. The van der Waals surface area contributed by atoms with Crippen LogP contribution in [0.2, 0.25) is 0 Å². The van der Waals surface area contributed by atoms with E-state index < -0.39 is 6.09 Å². The molecule has 5 N–H and O–H groups in total. The van der Waals surface area contributed by atoms with Gasteiger partial charge < -0.3 is 21.3 Å². The van der Waals surface area contributed by atoms with E-state index in [1.807, 2.05) is 0 Å². The number of halogens is 1. The largest absolute Gasteiger partial charge is 0.483 e. The van der Waals surface area contributed by atoms with Crippen molar-refractivity contribution in [2.45, 2.75) is 13.3 Å². The van der Waals surface area contributed by atoms with E-state index in [1.54, 1.807) is 48.0 Å². The lowest BCUT2D eigenvalue weighted by molar-refractivity contribution is -0.122. The Balaban J connectivity index is 0.00000108. The second-order valence-electron chi connectivity index (χ2n) is 7.00. The number of ether oxygens (including phenoxy) is 1. The van der Waals surface area contributed by atoms with Gasteiger partial charge in [0.2, 0.25) is 0 Å². The van der Waals surface area contributed by atoms with Gasteiger partial charge in [-0.3, -0.25) is 9.69 Å². The Hall–Kier alpha value is -4.81. The van der Waals surface area contributed by atoms with Crippen LogP contribution in [0.3, 0.4) is 0 Å². The molecule has 0 unspecified atom stereocenters. The molecule has 0 atom stereocenters. The molecule has 0 aliphatic heterocycles. The van der Waals surface area contributed by atoms with Crippen LogP contribution in [0, 0.1) is 5.82 Å². The molecule has 3 aromatic heterocycles. The number of rotatable bonds is 5. The number of imidazole rings is 1. The molecular weight excluding hydrogens is 459 g/mol. The number of anilines is 3. The number of nitrogens with two attached hydrogens (primary N) is 2. The van der Waals surface area contributed by atoms with Gasteiger partial charge in [0, 0.05) is 19.7 Å². The number of hydrogen-bond acceptors (Lipinski definition) is 9. The summed E-state index contributed by atoms with van der Waals surface area (Å²) in [4.78, 5) is 34.8. The van der Waals surface area contributed by atoms with Crippen molar-refractivity contribution in [1.29, 1.82) is 0 Å². The molecule has 35 heavy (non-hydrogen) atoms. The van der Waals surface area contributed by atoms with Gasteiger partial charge in [-0.05, 0) is 30.7 Å². The van der Waals surface area contributed by atoms with E-state index in [-0.39, 0.29) is 48.5 Å². The second kappa shape index (κ2) is 10.9. The Bertz CT molecular complexity index is 1340. The fourth-order valence-corrected chi connectivity index (χ4v) is 3.33. The first-order chi connectivity index (χ1) is 16.8. The predicted octanol–water partition coefficient (Wildman–Crippen LogP) is 2.37. The molecule has 0 saturated carbocycles. The van der Waals surface area contributed by atoms with Gasteiger partial charge in [-0.2, -0.15) is 5.10 Å². The van der Waals surface area contributed by atoms with Crippen molar-refractivity contribution in [3.8, 4) is 11.5 Å². The first-order valence-electron chi connectivity index (χ1n) is 10.3. The van der Waals surface area contributed by atoms with E-state index in [0.717, 1.165) is 4.90 Å². The third-order valence-electron chi connectivity index (χ3n) is 4.81. The third-order valence-corrected chi connectivity index (χ3v) is 4.81. The van der Waals surface area contributed by atoms with Crippen molar-refractivity contribution >= 4 is 35.4 Å². The fraction of sp³-hybridized carbons (Fsp3) is 0.182. The molecule has 1 amide bonds. The van der Waals surface area contributed by atoms with Crippen LogP contribution >= 0.6 is 0 Å². The maximum atomic E-state index is 14.2. The molecule has 0 aliphatic carbocycles. The number of carbonyl (C=O) groups excluding carboxylic acids is 1. The van der Waals surface area contributed by atoms with Crippen LogP contribution in [0.1, 0.15) is 18.3 Å². The van der Waals surface area contributed by atoms with Crippen LogP contribution in [0.25, 0.3) is 17.0 Å². The summed E-state index contributed by atoms with van der Waals surface area (Å²) in [5, 5.41) is 11.2. The van der Waals surface area contributed by atoms with Crippen LogP contribution in [0.4, 0.5) is 26.5 Å². The fourth-order valence-electron chi connectivity index (χ4n) is 3.33. The van der Waals surface area contributed by atoms with Crippen molar-refractivity contribution < 1.29 is 23.8 Å². The number of hydrogen-bond donors (Lipinski definition) is 3. The molecule has 0 bridgehead atoms. The number of carboxylic acid groups (broad SMARTS) is 1. The van der Waals surface area contributed by atoms with Gasteiger partial charge in [0.15, 0.2) is 17.5 Å². The standard InChI is InChI=1S/C21H21FN8O2.CH2O2/c1-3-32-21(31)29(2)17-18(23)27-20(28-19(17)24)16-14-9-6-10-25-30(14)15(26-16)11-12-7-4-5-8-13(12)22;2-1-3/h4-10H,3,11H2,1-2H3,(H4,23,24,27,28);1H,(H,2,3). The minimum absolute atomic E-state index is 0.0104. The van der Waals surface area contributed by atoms with Crippen molar-refractivity contribution in [1.82, 2.24) is 24.6 Å². The van der Waals surface area contributed by atoms with Gasteiger partial charge in [-0.15, -0.1) is 0 Å². The third kappa shape index (κ3) is 5.24. The van der Waals surface area contributed by atoms with Crippen LogP contribution in [-0.4, -0.2) is 55.9 Å². The van der Waals surface area contributed by atoms with E-state index in [9.17, 15) is 9.18 Å². The lowest BCUT2D eigenvalue weighted by atomic mass is 10.1. The number of fused-ring (bicyclic) bond motifs is 1. The van der Waals surface area contributed by atoms with Crippen molar-refractivity contribution in [3.63, 3.8) is 0 Å². The SMILES string of the molecule is CCOC(=O)N(C)c1c(N)nc(-c2nc(Cc3ccccc3F)n3ncccc23)nc1N.O=CO. The van der Waals surface area contributed by atoms with Crippen LogP contribution < -0.4 is 16.4 Å². The Morgan fingerprint density at radius 2 is 1.83 bits per heavy atom. The smallest absolute Gasteiger partial charge is 0.414 e. The maximum Gasteiger partial charge on any atom is 0.414 e. The molecule has 0 spiro atoms. The molecule has 12 nitrogen and oxygen atoms in total. The van der Waals surface area contributed by atoms with Crippen molar-refractivity contribution in [2.75, 3.05) is 30.0 Å². The summed E-state index contributed by atoms with van der Waals surface area (Å²) in [6.07, 6.45) is 1.18. The highest BCUT2D eigenvalue weighted by Gasteiger charge is 2.23. The van der Waals surface area contributed by atoms with Gasteiger partial charge in [-0.1, -0.05) is 18.2 Å². The number of carbonyl (C=O) groups is 2. The topological polar surface area (TPSA) is 175 Å². The molecule has 0 aliphatic rings. The average Bonchev–Trinajstić information content (AvgIpc) is 3.19. The molecule has 3 heterocycles. The Morgan fingerprint density at radius 1 is 1.17 bits per heavy atom. The quantitative estimate of drug-likeness (QED) is 0.358. The Morgan fingerprint density at radius 3 is 2.46 bits per heavy atom. The van der Waals surface area contributed by atoms with Crippen LogP contribution in [-0.2, 0) is 16.0 Å². The first kappa shape index (κ1) is 24.8. The molecule has 0 saturated heterocycles. The van der Waals surface area contributed by atoms with Gasteiger partial charge >= 0.3 is 6.09 Å². The minimum Gasteiger partial charge on any atom is -0.483 e. The van der Waals surface area contributed by atoms with Gasteiger partial charge in [0.25, 0.3) is 6.47 Å². The summed E-state index contributed by atoms with van der Waals surface area (Å²) < 4.78 is 20.8. The van der Waals surface area contributed by atoms with Crippen molar-refractivity contribution in [2.24, 2.45) is 0 Å². The average molecular weight is 482 g/mol. The van der Waals surface area contributed by atoms with E-state index in [2.05, 4.69) is 20.1 Å². The predicted molar refractivity (Wildman–Crippen MR) is 126 cm³/mol. The Kier molecular flexibility index (Phi) is 7.71. The highest BCUT2D eigenvalue weighted by Crippen LogP contribution is 2.31. The highest BCUT2D eigenvalue weighted by molar-refractivity contribution is 5.95. The number of benzene rings is 1. The van der Waals surface area contributed by atoms with Gasteiger partial charge in [0.1, 0.15) is 23.0 Å². The highest BCUT2D eigenvalue weighted by atomic mass is 19.1. The monoisotopic (exact) mass is 482 g/mol. The summed E-state index contributed by atoms with van der Waals surface area (Å²) in [6.45, 7) is 1.63. The molecule has 182 valence electrons. The second-order valence-corrected chi connectivity index (χ2v) is 7.00. The number of nitrogen functional groups attached to an aromatic ring is 2. The minimum atomic E-state index is -0.633. The van der Waals surface area contributed by atoms with E-state index in [1.165, 1.54) is 13.1 Å². The summed E-state index contributed by atoms with van der Waals surface area (Å²) in [6, 6.07) is 9.98. The van der Waals surface area contributed by atoms with Crippen LogP contribution in [0.5, 0.6) is 0 Å². The van der Waals surface area contributed by atoms with Gasteiger partial charge in [-0.25, -0.2) is 28.7 Å². The lowest BCUT2D eigenvalue weighted by Gasteiger charge is -2.19. The van der Waals surface area contributed by atoms with Crippen molar-refractivity contribution in [3.05, 3.63) is 59.8 Å². The molecule has 0 radical (unpaired) electrons. The molecule has 4 aromatic rings. The van der Waals surface area contributed by atoms with E-state index >= 15 is 0 Å². The number of nitrogens with zero attached hydrogens (tertiary/aromatic N) is 6. The molecule has 0 fully saturated rings. The molecule has 13 heteroatoms. The summed E-state index contributed by atoms with van der Waals surface area (Å²) in [7, 11) is 1.46. The molecule has 1 aromatic carbocycles. The first-order valence-corrected chi connectivity index (χ1v) is 10.3. The number of amides is 1. The van der Waals surface area contributed by atoms with Gasteiger partial charge in [0.05, 0.1) is 12.1 Å². The normalized spacial score (nSPS) is 10.4.